The molecule has 0 spiro atoms. The SMILES string of the molecule is CCOc1ccc(C(=O)N2CCN(CC(=O)Nc3c(C)cccc3C)CC2)cc1. The van der Waals surface area contributed by atoms with E-state index in [-0.39, 0.29) is 11.8 Å². The van der Waals surface area contributed by atoms with Gasteiger partial charge in [0.15, 0.2) is 0 Å². The summed E-state index contributed by atoms with van der Waals surface area (Å²) >= 11 is 0. The molecule has 1 heterocycles. The van der Waals surface area contributed by atoms with Crippen LogP contribution in [0, 0.1) is 13.8 Å². The quantitative estimate of drug-likeness (QED) is 0.817. The molecule has 1 N–H and O–H groups in total. The number of benzene rings is 2. The highest BCUT2D eigenvalue weighted by molar-refractivity contribution is 5.95. The van der Waals surface area contributed by atoms with Crippen LogP contribution < -0.4 is 10.1 Å². The van der Waals surface area contributed by atoms with E-state index in [4.69, 9.17) is 4.74 Å². The molecule has 2 aromatic rings. The van der Waals surface area contributed by atoms with Gasteiger partial charge in [-0.25, -0.2) is 0 Å². The van der Waals surface area contributed by atoms with Gasteiger partial charge in [0.1, 0.15) is 5.75 Å². The van der Waals surface area contributed by atoms with Crippen LogP contribution in [0.4, 0.5) is 5.69 Å². The van der Waals surface area contributed by atoms with Crippen LogP contribution in [0.5, 0.6) is 5.75 Å². The fourth-order valence-corrected chi connectivity index (χ4v) is 3.55. The molecule has 1 fully saturated rings. The first-order chi connectivity index (χ1) is 14.0. The van der Waals surface area contributed by atoms with E-state index < -0.39 is 0 Å². The number of nitrogens with one attached hydrogen (secondary N) is 1. The summed E-state index contributed by atoms with van der Waals surface area (Å²) < 4.78 is 5.42. The molecule has 1 aliphatic rings. The first kappa shape index (κ1) is 20.9. The maximum absolute atomic E-state index is 12.7. The maximum atomic E-state index is 12.7. The number of rotatable bonds is 6. The van der Waals surface area contributed by atoms with Gasteiger partial charge in [-0.05, 0) is 56.2 Å². The third-order valence-electron chi connectivity index (χ3n) is 5.18. The van der Waals surface area contributed by atoms with Crippen LogP contribution in [0.15, 0.2) is 42.5 Å². The molecular weight excluding hydrogens is 366 g/mol. The van der Waals surface area contributed by atoms with Gasteiger partial charge in [-0.1, -0.05) is 18.2 Å². The molecule has 0 saturated carbocycles. The molecule has 0 bridgehead atoms. The summed E-state index contributed by atoms with van der Waals surface area (Å²) in [6.45, 7) is 9.45. The Morgan fingerprint density at radius 1 is 0.966 bits per heavy atom. The van der Waals surface area contributed by atoms with Gasteiger partial charge in [0, 0.05) is 37.4 Å². The first-order valence-corrected chi connectivity index (χ1v) is 10.1. The number of amides is 2. The molecule has 154 valence electrons. The van der Waals surface area contributed by atoms with Gasteiger partial charge in [-0.2, -0.15) is 0 Å². The topological polar surface area (TPSA) is 61.9 Å². The smallest absolute Gasteiger partial charge is 0.253 e. The molecule has 3 rings (SSSR count). The van der Waals surface area contributed by atoms with Gasteiger partial charge in [-0.3, -0.25) is 14.5 Å². The lowest BCUT2D eigenvalue weighted by Crippen LogP contribution is -2.50. The number of aryl methyl sites for hydroxylation is 2. The van der Waals surface area contributed by atoms with Crippen LogP contribution in [-0.4, -0.2) is 60.9 Å². The zero-order valence-corrected chi connectivity index (χ0v) is 17.4. The van der Waals surface area contributed by atoms with Crippen molar-refractivity contribution in [3.8, 4) is 5.75 Å². The molecule has 6 heteroatoms. The number of hydrogen-bond acceptors (Lipinski definition) is 4. The minimum absolute atomic E-state index is 0.0197. The zero-order valence-electron chi connectivity index (χ0n) is 17.4. The minimum atomic E-state index is -0.0197. The number of para-hydroxylation sites is 1. The third kappa shape index (κ3) is 5.35. The van der Waals surface area contributed by atoms with Gasteiger partial charge in [0.25, 0.3) is 5.91 Å². The van der Waals surface area contributed by atoms with Crippen LogP contribution >= 0.6 is 0 Å². The number of anilines is 1. The molecule has 0 aromatic heterocycles. The number of carbonyl (C=O) groups is 2. The summed E-state index contributed by atoms with van der Waals surface area (Å²) in [6.07, 6.45) is 0. The summed E-state index contributed by atoms with van der Waals surface area (Å²) in [5.74, 6) is 0.769. The van der Waals surface area contributed by atoms with Crippen molar-refractivity contribution < 1.29 is 14.3 Å². The predicted molar refractivity (Wildman–Crippen MR) is 115 cm³/mol. The first-order valence-electron chi connectivity index (χ1n) is 10.1. The Bertz CT molecular complexity index is 836. The minimum Gasteiger partial charge on any atom is -0.494 e. The van der Waals surface area contributed by atoms with Crippen LogP contribution in [0.2, 0.25) is 0 Å². The fraction of sp³-hybridized carbons (Fsp3) is 0.391. The van der Waals surface area contributed by atoms with Crippen molar-refractivity contribution in [2.24, 2.45) is 0 Å². The van der Waals surface area contributed by atoms with E-state index >= 15 is 0 Å². The Kier molecular flexibility index (Phi) is 6.88. The van der Waals surface area contributed by atoms with Crippen molar-refractivity contribution in [3.05, 3.63) is 59.2 Å². The Hall–Kier alpha value is -2.86. The second kappa shape index (κ2) is 9.56. The predicted octanol–water partition coefficient (Wildman–Crippen LogP) is 3.10. The van der Waals surface area contributed by atoms with Crippen LogP contribution in [0.1, 0.15) is 28.4 Å². The van der Waals surface area contributed by atoms with E-state index in [1.54, 1.807) is 12.1 Å². The zero-order chi connectivity index (χ0) is 20.8. The van der Waals surface area contributed by atoms with E-state index in [0.717, 1.165) is 22.6 Å². The number of piperazine rings is 1. The van der Waals surface area contributed by atoms with Crippen molar-refractivity contribution in [3.63, 3.8) is 0 Å². The van der Waals surface area contributed by atoms with E-state index in [2.05, 4.69) is 10.2 Å². The summed E-state index contributed by atoms with van der Waals surface area (Å²) in [6, 6.07) is 13.2. The lowest BCUT2D eigenvalue weighted by molar-refractivity contribution is -0.117. The molecule has 0 aliphatic carbocycles. The highest BCUT2D eigenvalue weighted by atomic mass is 16.5. The second-order valence-corrected chi connectivity index (χ2v) is 7.34. The molecule has 0 atom stereocenters. The average Bonchev–Trinajstić information content (AvgIpc) is 2.72. The number of carbonyl (C=O) groups excluding carboxylic acids is 2. The van der Waals surface area contributed by atoms with E-state index in [1.807, 2.05) is 56.0 Å². The molecule has 29 heavy (non-hydrogen) atoms. The summed E-state index contributed by atoms with van der Waals surface area (Å²) in [7, 11) is 0. The maximum Gasteiger partial charge on any atom is 0.253 e. The van der Waals surface area contributed by atoms with Gasteiger partial charge < -0.3 is 15.0 Å². The van der Waals surface area contributed by atoms with E-state index in [1.165, 1.54) is 0 Å². The van der Waals surface area contributed by atoms with Crippen LogP contribution in [0.3, 0.4) is 0 Å². The van der Waals surface area contributed by atoms with Gasteiger partial charge in [0.05, 0.1) is 13.2 Å². The summed E-state index contributed by atoms with van der Waals surface area (Å²) in [5.41, 5.74) is 3.67. The van der Waals surface area contributed by atoms with Crippen LogP contribution in [0.25, 0.3) is 0 Å². The average molecular weight is 396 g/mol. The molecule has 2 amide bonds. The third-order valence-corrected chi connectivity index (χ3v) is 5.18. The summed E-state index contributed by atoms with van der Waals surface area (Å²) in [5, 5.41) is 3.03. The standard InChI is InChI=1S/C23H29N3O3/c1-4-29-20-10-8-19(9-11-20)23(28)26-14-12-25(13-15-26)16-21(27)24-22-17(2)6-5-7-18(22)3/h5-11H,4,12-16H2,1-3H3,(H,24,27). The Morgan fingerprint density at radius 2 is 1.59 bits per heavy atom. The second-order valence-electron chi connectivity index (χ2n) is 7.34. The van der Waals surface area contributed by atoms with Crippen molar-refractivity contribution in [1.82, 2.24) is 9.80 Å². The van der Waals surface area contributed by atoms with Gasteiger partial charge in [-0.15, -0.1) is 0 Å². The lowest BCUT2D eigenvalue weighted by atomic mass is 10.1. The van der Waals surface area contributed by atoms with Crippen LogP contribution in [-0.2, 0) is 4.79 Å². The van der Waals surface area contributed by atoms with Crippen molar-refractivity contribution in [1.29, 1.82) is 0 Å². The van der Waals surface area contributed by atoms with Crippen molar-refractivity contribution in [2.75, 3.05) is 44.6 Å². The molecule has 0 unspecified atom stereocenters. The van der Waals surface area contributed by atoms with Gasteiger partial charge in [0.2, 0.25) is 5.91 Å². The molecule has 1 aliphatic heterocycles. The Balaban J connectivity index is 1.49. The number of ether oxygens (including phenoxy) is 1. The normalized spacial score (nSPS) is 14.5. The molecular formula is C23H29N3O3. The lowest BCUT2D eigenvalue weighted by Gasteiger charge is -2.34. The molecule has 0 radical (unpaired) electrons. The van der Waals surface area contributed by atoms with E-state index in [0.29, 0.717) is 44.9 Å². The Morgan fingerprint density at radius 3 is 2.17 bits per heavy atom. The Labute approximate surface area is 172 Å². The van der Waals surface area contributed by atoms with Crippen molar-refractivity contribution in [2.45, 2.75) is 20.8 Å². The highest BCUT2D eigenvalue weighted by Gasteiger charge is 2.23. The van der Waals surface area contributed by atoms with Crippen molar-refractivity contribution >= 4 is 17.5 Å². The summed E-state index contributed by atoms with van der Waals surface area (Å²) in [4.78, 5) is 29.1. The molecule has 6 nitrogen and oxygen atoms in total. The molecule has 1 saturated heterocycles. The monoisotopic (exact) mass is 395 g/mol. The van der Waals surface area contributed by atoms with Gasteiger partial charge >= 0.3 is 0 Å². The molecule has 2 aromatic carbocycles. The number of hydrogen-bond donors (Lipinski definition) is 1. The fourth-order valence-electron chi connectivity index (χ4n) is 3.55. The number of nitrogens with zero attached hydrogens (tertiary/aromatic N) is 2. The highest BCUT2D eigenvalue weighted by Crippen LogP contribution is 2.19. The van der Waals surface area contributed by atoms with E-state index in [9.17, 15) is 9.59 Å². The largest absolute Gasteiger partial charge is 0.494 e.